The second-order valence-electron chi connectivity index (χ2n) is 5.74. The average molecular weight is 263 g/mol. The van der Waals surface area contributed by atoms with Gasteiger partial charge in [0, 0.05) is 18.6 Å². The molecule has 1 aliphatic rings. The van der Waals surface area contributed by atoms with Crippen LogP contribution in [0.1, 0.15) is 30.4 Å². The minimum absolute atomic E-state index is 0.176. The number of hydrogen-bond acceptors (Lipinski definition) is 3. The highest BCUT2D eigenvalue weighted by Crippen LogP contribution is 2.39. The summed E-state index contributed by atoms with van der Waals surface area (Å²) in [6.07, 6.45) is 4.61. The first-order valence-electron chi connectivity index (χ1n) is 7.14. The van der Waals surface area contributed by atoms with Crippen LogP contribution < -0.4 is 10.1 Å². The molecule has 0 aromatic heterocycles. The Hall–Kier alpha value is -1.06. The van der Waals surface area contributed by atoms with Crippen LogP contribution >= 0.6 is 0 Å². The van der Waals surface area contributed by atoms with E-state index >= 15 is 0 Å². The highest BCUT2D eigenvalue weighted by atomic mass is 16.5. The number of ether oxygens (including phenoxy) is 1. The SMILES string of the molecule is COc1ccc(CCNCC2(CO)CCC2)cc1C. The third-order valence-corrected chi connectivity index (χ3v) is 4.30. The van der Waals surface area contributed by atoms with E-state index in [0.717, 1.165) is 38.1 Å². The topological polar surface area (TPSA) is 41.5 Å². The number of nitrogens with one attached hydrogen (secondary N) is 1. The van der Waals surface area contributed by atoms with E-state index in [2.05, 4.69) is 24.4 Å². The van der Waals surface area contributed by atoms with Gasteiger partial charge in [0.1, 0.15) is 5.75 Å². The Morgan fingerprint density at radius 2 is 2.16 bits per heavy atom. The standard InChI is InChI=1S/C16H25NO2/c1-13-10-14(4-5-15(13)19-2)6-9-17-11-16(12-18)7-3-8-16/h4-5,10,17-18H,3,6-9,11-12H2,1-2H3. The molecule has 1 aromatic rings. The zero-order valence-electron chi connectivity index (χ0n) is 12.0. The molecule has 106 valence electrons. The summed E-state index contributed by atoms with van der Waals surface area (Å²) in [4.78, 5) is 0. The first-order valence-corrected chi connectivity index (χ1v) is 7.14. The van der Waals surface area contributed by atoms with E-state index in [4.69, 9.17) is 4.74 Å². The van der Waals surface area contributed by atoms with Crippen molar-refractivity contribution in [2.24, 2.45) is 5.41 Å². The highest BCUT2D eigenvalue weighted by molar-refractivity contribution is 5.36. The van der Waals surface area contributed by atoms with Crippen molar-refractivity contribution in [1.82, 2.24) is 5.32 Å². The van der Waals surface area contributed by atoms with Gasteiger partial charge in [-0.1, -0.05) is 18.6 Å². The molecule has 0 radical (unpaired) electrons. The molecule has 1 aliphatic carbocycles. The molecule has 0 atom stereocenters. The fraction of sp³-hybridized carbons (Fsp3) is 0.625. The van der Waals surface area contributed by atoms with Gasteiger partial charge in [0.25, 0.3) is 0 Å². The molecule has 0 aliphatic heterocycles. The molecule has 2 rings (SSSR count). The Labute approximate surface area is 116 Å². The lowest BCUT2D eigenvalue weighted by Crippen LogP contribution is -2.43. The molecule has 2 N–H and O–H groups in total. The van der Waals surface area contributed by atoms with E-state index in [1.165, 1.54) is 17.5 Å². The van der Waals surface area contributed by atoms with Gasteiger partial charge in [0.2, 0.25) is 0 Å². The lowest BCUT2D eigenvalue weighted by molar-refractivity contribution is 0.0451. The van der Waals surface area contributed by atoms with Crippen LogP contribution in [-0.2, 0) is 6.42 Å². The summed E-state index contributed by atoms with van der Waals surface area (Å²) >= 11 is 0. The number of benzene rings is 1. The number of rotatable bonds is 7. The summed E-state index contributed by atoms with van der Waals surface area (Å²) in [5, 5.41) is 12.9. The Morgan fingerprint density at radius 1 is 1.37 bits per heavy atom. The summed E-state index contributed by atoms with van der Waals surface area (Å²) in [6, 6.07) is 6.34. The maximum atomic E-state index is 9.39. The highest BCUT2D eigenvalue weighted by Gasteiger charge is 2.35. The van der Waals surface area contributed by atoms with E-state index in [-0.39, 0.29) is 5.41 Å². The number of aliphatic hydroxyl groups excluding tert-OH is 1. The van der Waals surface area contributed by atoms with E-state index in [0.29, 0.717) is 6.61 Å². The quantitative estimate of drug-likeness (QED) is 0.742. The molecular formula is C16H25NO2. The largest absolute Gasteiger partial charge is 0.496 e. The smallest absolute Gasteiger partial charge is 0.121 e. The first kappa shape index (κ1) is 14.4. The number of aryl methyl sites for hydroxylation is 1. The Morgan fingerprint density at radius 3 is 2.68 bits per heavy atom. The number of methoxy groups -OCH3 is 1. The van der Waals surface area contributed by atoms with Crippen LogP contribution in [0.2, 0.25) is 0 Å². The maximum Gasteiger partial charge on any atom is 0.121 e. The summed E-state index contributed by atoms with van der Waals surface area (Å²) in [5.41, 5.74) is 2.69. The lowest BCUT2D eigenvalue weighted by Gasteiger charge is -2.40. The summed E-state index contributed by atoms with van der Waals surface area (Å²) < 4.78 is 5.26. The van der Waals surface area contributed by atoms with Crippen LogP contribution in [0.3, 0.4) is 0 Å². The van der Waals surface area contributed by atoms with Gasteiger partial charge in [0.05, 0.1) is 7.11 Å². The van der Waals surface area contributed by atoms with Crippen molar-refractivity contribution in [2.75, 3.05) is 26.8 Å². The van der Waals surface area contributed by atoms with Crippen molar-refractivity contribution in [3.63, 3.8) is 0 Å². The van der Waals surface area contributed by atoms with Crippen LogP contribution in [0, 0.1) is 12.3 Å². The molecule has 0 saturated heterocycles. The van der Waals surface area contributed by atoms with Crippen LogP contribution in [0.5, 0.6) is 5.75 Å². The monoisotopic (exact) mass is 263 g/mol. The van der Waals surface area contributed by atoms with Crippen molar-refractivity contribution in [3.8, 4) is 5.75 Å². The summed E-state index contributed by atoms with van der Waals surface area (Å²) in [5.74, 6) is 0.949. The third-order valence-electron chi connectivity index (χ3n) is 4.30. The fourth-order valence-electron chi connectivity index (χ4n) is 2.75. The van der Waals surface area contributed by atoms with Crippen LogP contribution in [0.25, 0.3) is 0 Å². The molecule has 0 amide bonds. The first-order chi connectivity index (χ1) is 9.19. The summed E-state index contributed by atoms with van der Waals surface area (Å²) in [6.45, 7) is 4.30. The van der Waals surface area contributed by atoms with Gasteiger partial charge in [-0.3, -0.25) is 0 Å². The van der Waals surface area contributed by atoms with Gasteiger partial charge in [-0.2, -0.15) is 0 Å². The molecule has 0 bridgehead atoms. The van der Waals surface area contributed by atoms with Crippen LogP contribution in [0.4, 0.5) is 0 Å². The van der Waals surface area contributed by atoms with Crippen molar-refractivity contribution in [1.29, 1.82) is 0 Å². The fourth-order valence-corrected chi connectivity index (χ4v) is 2.75. The molecule has 19 heavy (non-hydrogen) atoms. The molecule has 1 aromatic carbocycles. The minimum atomic E-state index is 0.176. The molecule has 1 saturated carbocycles. The van der Waals surface area contributed by atoms with Crippen molar-refractivity contribution < 1.29 is 9.84 Å². The van der Waals surface area contributed by atoms with Crippen molar-refractivity contribution in [3.05, 3.63) is 29.3 Å². The molecule has 3 heteroatoms. The van der Waals surface area contributed by atoms with Gasteiger partial charge in [-0.05, 0) is 49.9 Å². The van der Waals surface area contributed by atoms with Crippen molar-refractivity contribution >= 4 is 0 Å². The summed E-state index contributed by atoms with van der Waals surface area (Å²) in [7, 11) is 1.70. The van der Waals surface area contributed by atoms with Gasteiger partial charge >= 0.3 is 0 Å². The third kappa shape index (κ3) is 3.48. The van der Waals surface area contributed by atoms with E-state index in [1.807, 2.05) is 6.07 Å². The zero-order chi connectivity index (χ0) is 13.7. The number of hydrogen-bond donors (Lipinski definition) is 2. The van der Waals surface area contributed by atoms with E-state index in [1.54, 1.807) is 7.11 Å². The number of aliphatic hydroxyl groups is 1. The second kappa shape index (κ2) is 6.40. The zero-order valence-corrected chi connectivity index (χ0v) is 12.0. The minimum Gasteiger partial charge on any atom is -0.496 e. The van der Waals surface area contributed by atoms with Gasteiger partial charge in [-0.15, -0.1) is 0 Å². The molecule has 0 heterocycles. The average Bonchev–Trinajstić information content (AvgIpc) is 2.37. The molecule has 0 unspecified atom stereocenters. The Kier molecular flexibility index (Phi) is 4.83. The second-order valence-corrected chi connectivity index (χ2v) is 5.74. The lowest BCUT2D eigenvalue weighted by atomic mass is 9.69. The normalized spacial score (nSPS) is 17.0. The van der Waals surface area contributed by atoms with Crippen LogP contribution in [0.15, 0.2) is 18.2 Å². The van der Waals surface area contributed by atoms with E-state index in [9.17, 15) is 5.11 Å². The Balaban J connectivity index is 1.75. The predicted octanol–water partition coefficient (Wildman–Crippen LogP) is 2.30. The van der Waals surface area contributed by atoms with Gasteiger partial charge in [-0.25, -0.2) is 0 Å². The molecule has 1 fully saturated rings. The van der Waals surface area contributed by atoms with Crippen LogP contribution in [-0.4, -0.2) is 31.9 Å². The maximum absolute atomic E-state index is 9.39. The molecule has 0 spiro atoms. The Bertz CT molecular complexity index is 408. The van der Waals surface area contributed by atoms with Gasteiger partial charge in [0.15, 0.2) is 0 Å². The molecular weight excluding hydrogens is 238 g/mol. The molecule has 3 nitrogen and oxygen atoms in total. The van der Waals surface area contributed by atoms with E-state index < -0.39 is 0 Å². The van der Waals surface area contributed by atoms with Crippen molar-refractivity contribution in [2.45, 2.75) is 32.6 Å². The van der Waals surface area contributed by atoms with Gasteiger partial charge < -0.3 is 15.2 Å². The predicted molar refractivity (Wildman–Crippen MR) is 77.7 cm³/mol.